The molecule has 8 N–H and O–H groups in total. The van der Waals surface area contributed by atoms with Gasteiger partial charge in [0.2, 0.25) is 5.91 Å². The fourth-order valence-corrected chi connectivity index (χ4v) is 4.66. The minimum absolute atomic E-state index is 0.299. The third-order valence-corrected chi connectivity index (χ3v) is 6.48. The Morgan fingerprint density at radius 3 is 2.50 bits per heavy atom. The SMILES string of the molecule is Cc1cc2c(C)ccnc2c(C(C)(C)N(N)C(=O)C2[C@]3(N)CN(N)C[C@]23N)n1. The van der Waals surface area contributed by atoms with E-state index in [0.717, 1.165) is 22.2 Å². The summed E-state index contributed by atoms with van der Waals surface area (Å²) in [6.45, 7) is 8.37. The predicted octanol–water partition coefficient (Wildman–Crippen LogP) is -0.602. The van der Waals surface area contributed by atoms with Gasteiger partial charge in [0.25, 0.3) is 0 Å². The normalized spacial score (nSPS) is 29.8. The smallest absolute Gasteiger partial charge is 0.244 e. The molecule has 28 heavy (non-hydrogen) atoms. The van der Waals surface area contributed by atoms with Crippen molar-refractivity contribution >= 4 is 16.8 Å². The molecule has 2 fully saturated rings. The lowest BCUT2D eigenvalue weighted by Crippen LogP contribution is -2.54. The third kappa shape index (κ3) is 2.34. The van der Waals surface area contributed by atoms with Crippen molar-refractivity contribution in [3.63, 3.8) is 0 Å². The number of hydrogen-bond donors (Lipinski definition) is 4. The Bertz CT molecular complexity index is 973. The van der Waals surface area contributed by atoms with Crippen molar-refractivity contribution in [1.29, 1.82) is 0 Å². The molecule has 150 valence electrons. The van der Waals surface area contributed by atoms with Gasteiger partial charge in [-0.25, -0.2) is 10.9 Å². The van der Waals surface area contributed by atoms with Gasteiger partial charge in [-0.3, -0.25) is 25.6 Å². The van der Waals surface area contributed by atoms with E-state index in [9.17, 15) is 4.79 Å². The van der Waals surface area contributed by atoms with E-state index in [1.165, 1.54) is 5.01 Å². The second-order valence-corrected chi connectivity index (χ2v) is 8.82. The molecule has 1 amide bonds. The van der Waals surface area contributed by atoms with E-state index in [2.05, 4.69) is 9.97 Å². The highest BCUT2D eigenvalue weighted by molar-refractivity contribution is 5.90. The maximum absolute atomic E-state index is 13.3. The Balaban J connectivity index is 1.73. The van der Waals surface area contributed by atoms with Gasteiger partial charge in [0.1, 0.15) is 0 Å². The highest BCUT2D eigenvalue weighted by Crippen LogP contribution is 2.56. The zero-order valence-corrected chi connectivity index (χ0v) is 16.7. The van der Waals surface area contributed by atoms with Crippen LogP contribution in [0.4, 0.5) is 0 Å². The number of carbonyl (C=O) groups is 1. The number of hydrogen-bond acceptors (Lipinski definition) is 8. The van der Waals surface area contributed by atoms with Crippen molar-refractivity contribution < 1.29 is 4.79 Å². The Hall–Kier alpha value is -2.17. The van der Waals surface area contributed by atoms with Gasteiger partial charge in [-0.2, -0.15) is 0 Å². The van der Waals surface area contributed by atoms with Crippen LogP contribution in [0.2, 0.25) is 0 Å². The number of amides is 1. The van der Waals surface area contributed by atoms with Crippen LogP contribution in [0.25, 0.3) is 10.9 Å². The van der Waals surface area contributed by atoms with Gasteiger partial charge in [-0.1, -0.05) is 0 Å². The number of aryl methyl sites for hydroxylation is 2. The largest absolute Gasteiger partial charge is 0.322 e. The van der Waals surface area contributed by atoms with Crippen molar-refractivity contribution in [2.24, 2.45) is 29.1 Å². The minimum atomic E-state index is -0.909. The van der Waals surface area contributed by atoms with Crippen LogP contribution in [-0.2, 0) is 10.3 Å². The average Bonchev–Trinajstić information content (AvgIpc) is 2.94. The molecule has 2 aromatic rings. The molecule has 1 aliphatic heterocycles. The van der Waals surface area contributed by atoms with Gasteiger partial charge >= 0.3 is 0 Å². The first-order chi connectivity index (χ1) is 12.9. The minimum Gasteiger partial charge on any atom is -0.322 e. The van der Waals surface area contributed by atoms with Crippen LogP contribution in [0.5, 0.6) is 0 Å². The van der Waals surface area contributed by atoms with E-state index in [4.69, 9.17) is 23.2 Å². The van der Waals surface area contributed by atoms with Gasteiger partial charge in [0.05, 0.1) is 33.7 Å². The Kier molecular flexibility index (Phi) is 3.89. The number of rotatable bonds is 3. The molecule has 1 unspecified atom stereocenters. The number of pyridine rings is 2. The number of hydrazine groups is 2. The van der Waals surface area contributed by atoms with E-state index >= 15 is 0 Å². The summed E-state index contributed by atoms with van der Waals surface area (Å²) in [5, 5.41) is 3.76. The first-order valence-electron chi connectivity index (χ1n) is 9.33. The van der Waals surface area contributed by atoms with E-state index < -0.39 is 22.5 Å². The van der Waals surface area contributed by atoms with Crippen molar-refractivity contribution in [2.75, 3.05) is 13.1 Å². The molecule has 2 aliphatic rings. The number of nitrogens with zero attached hydrogens (tertiary/aromatic N) is 4. The number of piperidine rings is 1. The van der Waals surface area contributed by atoms with Crippen molar-refractivity contribution in [3.05, 3.63) is 35.3 Å². The van der Waals surface area contributed by atoms with Gasteiger partial charge in [-0.05, 0) is 45.4 Å². The summed E-state index contributed by atoms with van der Waals surface area (Å²) in [5.74, 6) is 11.3. The van der Waals surface area contributed by atoms with Crippen LogP contribution in [0.3, 0.4) is 0 Å². The quantitative estimate of drug-likeness (QED) is 0.311. The highest BCUT2D eigenvalue weighted by atomic mass is 16.2. The van der Waals surface area contributed by atoms with Crippen LogP contribution in [0.15, 0.2) is 18.3 Å². The maximum atomic E-state index is 13.3. The Labute approximate surface area is 164 Å². The van der Waals surface area contributed by atoms with Crippen LogP contribution in [0, 0.1) is 19.8 Å². The van der Waals surface area contributed by atoms with Crippen LogP contribution >= 0.6 is 0 Å². The molecular weight excluding hydrogens is 356 g/mol. The second-order valence-electron chi connectivity index (χ2n) is 8.82. The van der Waals surface area contributed by atoms with Crippen molar-refractivity contribution in [3.8, 4) is 0 Å². The number of carbonyl (C=O) groups excluding carboxylic acids is 1. The molecule has 2 aromatic heterocycles. The fraction of sp³-hybridized carbons (Fsp3) is 0.526. The van der Waals surface area contributed by atoms with E-state index in [1.807, 2.05) is 39.8 Å². The van der Waals surface area contributed by atoms with Gasteiger partial charge in [0, 0.05) is 30.4 Å². The van der Waals surface area contributed by atoms with Gasteiger partial charge < -0.3 is 11.5 Å². The molecule has 0 aromatic carbocycles. The standard InChI is InChI=1S/C19H28N8O/c1-10-5-6-24-13-12(10)7-11(2)25-15(13)17(3,4)27(23)16(28)14-18(20)8-26(22)9-19(14,18)21/h5-7,14H,8-9,20-23H2,1-4H3/t14?,18-,19+. The first-order valence-corrected chi connectivity index (χ1v) is 9.33. The number of aromatic nitrogens is 2. The third-order valence-electron chi connectivity index (χ3n) is 6.48. The maximum Gasteiger partial charge on any atom is 0.244 e. The molecule has 9 heteroatoms. The summed E-state index contributed by atoms with van der Waals surface area (Å²) < 4.78 is 0. The highest BCUT2D eigenvalue weighted by Gasteiger charge is 2.80. The molecule has 1 saturated heterocycles. The molecule has 3 atom stereocenters. The molecule has 4 rings (SSSR count). The molecule has 0 spiro atoms. The second kappa shape index (κ2) is 5.68. The monoisotopic (exact) mass is 384 g/mol. The summed E-state index contributed by atoms with van der Waals surface area (Å²) in [6.07, 6.45) is 1.74. The zero-order valence-electron chi connectivity index (χ0n) is 16.7. The summed E-state index contributed by atoms with van der Waals surface area (Å²) in [6, 6.07) is 3.94. The van der Waals surface area contributed by atoms with E-state index in [-0.39, 0.29) is 5.91 Å². The van der Waals surface area contributed by atoms with Crippen LogP contribution in [-0.4, -0.2) is 50.1 Å². The number of fused-ring (bicyclic) bond motifs is 2. The topological polar surface area (TPSA) is 153 Å². The molecule has 0 radical (unpaired) electrons. The fourth-order valence-electron chi connectivity index (χ4n) is 4.66. The molecule has 3 heterocycles. The molecule has 9 nitrogen and oxygen atoms in total. The summed E-state index contributed by atoms with van der Waals surface area (Å²) in [7, 11) is 0. The Morgan fingerprint density at radius 2 is 1.89 bits per heavy atom. The predicted molar refractivity (Wildman–Crippen MR) is 106 cm³/mol. The molecule has 0 bridgehead atoms. The zero-order chi connectivity index (χ0) is 20.6. The lowest BCUT2D eigenvalue weighted by Gasteiger charge is -2.36. The first kappa shape index (κ1) is 19.2. The van der Waals surface area contributed by atoms with Gasteiger partial charge in [-0.15, -0.1) is 0 Å². The Morgan fingerprint density at radius 1 is 1.29 bits per heavy atom. The van der Waals surface area contributed by atoms with Crippen LogP contribution < -0.4 is 23.2 Å². The summed E-state index contributed by atoms with van der Waals surface area (Å²) in [5.41, 5.74) is 13.5. The van der Waals surface area contributed by atoms with E-state index in [0.29, 0.717) is 18.8 Å². The number of nitrogens with two attached hydrogens (primary N) is 4. The molecule has 1 saturated carbocycles. The lowest BCUT2D eigenvalue weighted by atomic mass is 9.94. The van der Waals surface area contributed by atoms with Gasteiger partial charge in [0.15, 0.2) is 0 Å². The van der Waals surface area contributed by atoms with Crippen LogP contribution in [0.1, 0.15) is 30.8 Å². The lowest BCUT2D eigenvalue weighted by molar-refractivity contribution is -0.140. The van der Waals surface area contributed by atoms with E-state index in [1.54, 1.807) is 11.2 Å². The average molecular weight is 384 g/mol. The van der Waals surface area contributed by atoms with Crippen molar-refractivity contribution in [1.82, 2.24) is 20.0 Å². The summed E-state index contributed by atoms with van der Waals surface area (Å²) in [4.78, 5) is 22.5. The molecular formula is C19H28N8O. The summed E-state index contributed by atoms with van der Waals surface area (Å²) >= 11 is 0. The van der Waals surface area contributed by atoms with Crippen molar-refractivity contribution in [2.45, 2.75) is 44.3 Å². The molecule has 1 aliphatic carbocycles.